The van der Waals surface area contributed by atoms with E-state index in [-0.39, 0.29) is 11.8 Å². The van der Waals surface area contributed by atoms with Crippen molar-refractivity contribution in [3.8, 4) is 5.69 Å². The minimum atomic E-state index is -0.395. The molecule has 132 valence electrons. The van der Waals surface area contributed by atoms with Crippen LogP contribution in [0.2, 0.25) is 0 Å². The summed E-state index contributed by atoms with van der Waals surface area (Å²) in [5, 5.41) is 7.06. The molecule has 2 amide bonds. The zero-order valence-electron chi connectivity index (χ0n) is 15.0. The third kappa shape index (κ3) is 3.29. The number of carbonyl (C=O) groups is 2. The molecule has 6 heteroatoms. The molecule has 2 heterocycles. The molecule has 0 spiro atoms. The molecule has 0 bridgehead atoms. The van der Waals surface area contributed by atoms with Crippen LogP contribution in [0.1, 0.15) is 40.9 Å². The second-order valence-electron chi connectivity index (χ2n) is 6.52. The largest absolute Gasteiger partial charge is 0.357 e. The van der Waals surface area contributed by atoms with Gasteiger partial charge in [-0.05, 0) is 45.2 Å². The molecule has 0 saturated carbocycles. The van der Waals surface area contributed by atoms with Crippen LogP contribution in [-0.2, 0) is 4.79 Å². The van der Waals surface area contributed by atoms with Crippen LogP contribution in [0, 0.1) is 13.8 Å². The topological polar surface area (TPSA) is 67.2 Å². The number of rotatable bonds is 3. The Hall–Kier alpha value is -2.63. The van der Waals surface area contributed by atoms with Crippen molar-refractivity contribution in [1.29, 1.82) is 0 Å². The van der Waals surface area contributed by atoms with E-state index in [1.165, 1.54) is 5.56 Å². The van der Waals surface area contributed by atoms with Crippen LogP contribution in [0.4, 0.5) is 0 Å². The third-order valence-corrected chi connectivity index (χ3v) is 4.83. The van der Waals surface area contributed by atoms with Crippen LogP contribution >= 0.6 is 0 Å². The number of likely N-dealkylation sites (N-methyl/N-ethyl adjacent to an activating group) is 1. The van der Waals surface area contributed by atoms with E-state index in [1.54, 1.807) is 22.8 Å². The Morgan fingerprint density at radius 3 is 2.56 bits per heavy atom. The van der Waals surface area contributed by atoms with Crippen molar-refractivity contribution in [2.24, 2.45) is 0 Å². The van der Waals surface area contributed by atoms with E-state index in [9.17, 15) is 9.59 Å². The fourth-order valence-electron chi connectivity index (χ4n) is 3.33. The predicted octanol–water partition coefficient (Wildman–Crippen LogP) is 2.23. The van der Waals surface area contributed by atoms with E-state index in [1.807, 2.05) is 38.1 Å². The molecule has 1 aliphatic rings. The Bertz CT molecular complexity index is 779. The van der Waals surface area contributed by atoms with Gasteiger partial charge >= 0.3 is 0 Å². The minimum absolute atomic E-state index is 0.100. The number of benzene rings is 1. The summed E-state index contributed by atoms with van der Waals surface area (Å²) < 4.78 is 1.77. The zero-order valence-corrected chi connectivity index (χ0v) is 15.0. The Morgan fingerprint density at radius 1 is 1.16 bits per heavy atom. The van der Waals surface area contributed by atoms with E-state index in [2.05, 4.69) is 10.4 Å². The zero-order chi connectivity index (χ0) is 18.0. The number of aromatic nitrogens is 2. The van der Waals surface area contributed by atoms with Crippen LogP contribution in [0.5, 0.6) is 0 Å². The van der Waals surface area contributed by atoms with Gasteiger partial charge in [-0.15, -0.1) is 0 Å². The van der Waals surface area contributed by atoms with Crippen molar-refractivity contribution < 1.29 is 9.59 Å². The maximum atomic E-state index is 13.0. The average Bonchev–Trinajstić information content (AvgIpc) is 3.02. The highest BCUT2D eigenvalue weighted by Gasteiger charge is 2.33. The van der Waals surface area contributed by atoms with Crippen LogP contribution in [0.15, 0.2) is 30.5 Å². The number of piperidine rings is 1. The van der Waals surface area contributed by atoms with Gasteiger partial charge in [0.05, 0.1) is 23.1 Å². The van der Waals surface area contributed by atoms with Gasteiger partial charge in [-0.3, -0.25) is 9.59 Å². The molecule has 2 aromatic rings. The van der Waals surface area contributed by atoms with Crippen molar-refractivity contribution in [1.82, 2.24) is 20.0 Å². The molecule has 1 saturated heterocycles. The number of amides is 2. The van der Waals surface area contributed by atoms with Crippen molar-refractivity contribution in [2.75, 3.05) is 13.6 Å². The molecule has 3 rings (SSSR count). The number of carbonyl (C=O) groups excluding carboxylic acids is 2. The molecular formula is C19H24N4O2. The first-order valence-electron chi connectivity index (χ1n) is 8.67. The van der Waals surface area contributed by atoms with Gasteiger partial charge in [0.15, 0.2) is 0 Å². The summed E-state index contributed by atoms with van der Waals surface area (Å²) in [7, 11) is 1.61. The maximum absolute atomic E-state index is 13.0. The summed E-state index contributed by atoms with van der Waals surface area (Å²) >= 11 is 0. The van der Waals surface area contributed by atoms with Crippen LogP contribution in [0.3, 0.4) is 0 Å². The Kier molecular flexibility index (Phi) is 4.88. The van der Waals surface area contributed by atoms with Crippen molar-refractivity contribution in [3.05, 3.63) is 47.3 Å². The van der Waals surface area contributed by atoms with E-state index in [0.717, 1.165) is 24.2 Å². The number of hydrogen-bond acceptors (Lipinski definition) is 3. The van der Waals surface area contributed by atoms with Gasteiger partial charge in [0.2, 0.25) is 5.91 Å². The fraction of sp³-hybridized carbons (Fsp3) is 0.421. The number of nitrogens with one attached hydrogen (secondary N) is 1. The van der Waals surface area contributed by atoms with E-state index in [4.69, 9.17) is 0 Å². The maximum Gasteiger partial charge on any atom is 0.258 e. The van der Waals surface area contributed by atoms with Crippen molar-refractivity contribution in [2.45, 2.75) is 39.2 Å². The van der Waals surface area contributed by atoms with Crippen LogP contribution in [0.25, 0.3) is 5.69 Å². The highest BCUT2D eigenvalue weighted by atomic mass is 16.2. The minimum Gasteiger partial charge on any atom is -0.357 e. The van der Waals surface area contributed by atoms with Gasteiger partial charge in [-0.25, -0.2) is 4.68 Å². The number of likely N-dealkylation sites (tertiary alicyclic amines) is 1. The molecule has 0 radical (unpaired) electrons. The van der Waals surface area contributed by atoms with E-state index < -0.39 is 6.04 Å². The Labute approximate surface area is 147 Å². The molecule has 1 N–H and O–H groups in total. The van der Waals surface area contributed by atoms with Gasteiger partial charge in [0, 0.05) is 13.6 Å². The first kappa shape index (κ1) is 17.2. The summed E-state index contributed by atoms with van der Waals surface area (Å²) in [5.41, 5.74) is 3.43. The highest BCUT2D eigenvalue weighted by Crippen LogP contribution is 2.22. The summed E-state index contributed by atoms with van der Waals surface area (Å²) in [4.78, 5) is 26.9. The van der Waals surface area contributed by atoms with E-state index in [0.29, 0.717) is 18.5 Å². The van der Waals surface area contributed by atoms with Gasteiger partial charge in [0.25, 0.3) is 5.91 Å². The second kappa shape index (κ2) is 7.09. The lowest BCUT2D eigenvalue weighted by atomic mass is 10.00. The highest BCUT2D eigenvalue weighted by molar-refractivity contribution is 5.98. The second-order valence-corrected chi connectivity index (χ2v) is 6.52. The van der Waals surface area contributed by atoms with Crippen molar-refractivity contribution >= 4 is 11.8 Å². The monoisotopic (exact) mass is 340 g/mol. The van der Waals surface area contributed by atoms with Crippen LogP contribution < -0.4 is 5.32 Å². The third-order valence-electron chi connectivity index (χ3n) is 4.83. The summed E-state index contributed by atoms with van der Waals surface area (Å²) in [6, 6.07) is 7.61. The molecule has 1 fully saturated rings. The molecular weight excluding hydrogens is 316 g/mol. The summed E-state index contributed by atoms with van der Waals surface area (Å²) in [6.45, 7) is 4.52. The Morgan fingerprint density at radius 2 is 1.88 bits per heavy atom. The molecule has 1 aromatic heterocycles. The van der Waals surface area contributed by atoms with Gasteiger partial charge in [-0.2, -0.15) is 5.10 Å². The standard InChI is InChI=1S/C19H24N4O2/c1-13-7-9-15(10-8-13)23-14(2)16(12-21-23)19(25)22-11-5-4-6-17(22)18(24)20-3/h7-10,12,17H,4-6,11H2,1-3H3,(H,20,24). The average molecular weight is 340 g/mol. The van der Waals surface area contributed by atoms with Gasteiger partial charge < -0.3 is 10.2 Å². The van der Waals surface area contributed by atoms with E-state index >= 15 is 0 Å². The molecule has 1 aromatic carbocycles. The van der Waals surface area contributed by atoms with Crippen molar-refractivity contribution in [3.63, 3.8) is 0 Å². The quantitative estimate of drug-likeness (QED) is 0.932. The molecule has 25 heavy (non-hydrogen) atoms. The van der Waals surface area contributed by atoms with Gasteiger partial charge in [-0.1, -0.05) is 17.7 Å². The lowest BCUT2D eigenvalue weighted by Gasteiger charge is -2.34. The molecule has 6 nitrogen and oxygen atoms in total. The Balaban J connectivity index is 1.89. The first-order valence-corrected chi connectivity index (χ1v) is 8.67. The molecule has 1 aliphatic heterocycles. The normalized spacial score (nSPS) is 17.4. The molecule has 0 aliphatic carbocycles. The smallest absolute Gasteiger partial charge is 0.258 e. The number of aryl methyl sites for hydroxylation is 1. The molecule has 1 unspecified atom stereocenters. The molecule has 1 atom stereocenters. The summed E-state index contributed by atoms with van der Waals surface area (Å²) in [6.07, 6.45) is 4.19. The lowest BCUT2D eigenvalue weighted by molar-refractivity contribution is -0.126. The van der Waals surface area contributed by atoms with Crippen LogP contribution in [-0.4, -0.2) is 46.1 Å². The summed E-state index contributed by atoms with van der Waals surface area (Å²) in [5.74, 6) is -0.221. The lowest BCUT2D eigenvalue weighted by Crippen LogP contribution is -2.51. The van der Waals surface area contributed by atoms with Gasteiger partial charge in [0.1, 0.15) is 6.04 Å². The first-order chi connectivity index (χ1) is 12.0. The SMILES string of the molecule is CNC(=O)C1CCCCN1C(=O)c1cnn(-c2ccc(C)cc2)c1C. The fourth-order valence-corrected chi connectivity index (χ4v) is 3.33. The number of nitrogens with zero attached hydrogens (tertiary/aromatic N) is 3. The number of hydrogen-bond donors (Lipinski definition) is 1. The predicted molar refractivity (Wildman–Crippen MR) is 95.8 cm³/mol.